The van der Waals surface area contributed by atoms with Crippen LogP contribution in [-0.2, 0) is 11.3 Å². The van der Waals surface area contributed by atoms with E-state index in [0.29, 0.717) is 19.0 Å². The summed E-state index contributed by atoms with van der Waals surface area (Å²) in [6.45, 7) is 1.28. The summed E-state index contributed by atoms with van der Waals surface area (Å²) in [4.78, 5) is 4.52. The highest BCUT2D eigenvalue weighted by Crippen LogP contribution is 2.29. The Morgan fingerprint density at radius 1 is 1.26 bits per heavy atom. The average molecular weight is 308 g/mol. The van der Waals surface area contributed by atoms with Crippen LogP contribution < -0.4 is 5.73 Å². The highest BCUT2D eigenvalue weighted by atomic mass is 16.5. The summed E-state index contributed by atoms with van der Waals surface area (Å²) in [5.41, 5.74) is 9.65. The molecule has 23 heavy (non-hydrogen) atoms. The van der Waals surface area contributed by atoms with E-state index in [1.807, 2.05) is 35.1 Å². The highest BCUT2D eigenvalue weighted by molar-refractivity contribution is 6.08. The number of H-pyrrole nitrogens is 1. The Morgan fingerprint density at radius 2 is 2.17 bits per heavy atom. The summed E-state index contributed by atoms with van der Waals surface area (Å²) in [5.74, 6) is 0.482. The van der Waals surface area contributed by atoms with Gasteiger partial charge in [-0.25, -0.2) is 4.98 Å². The minimum Gasteiger partial charge on any atom is -0.383 e. The Kier molecular flexibility index (Phi) is 3.20. The number of benzene rings is 1. The molecule has 0 atom stereocenters. The fourth-order valence-corrected chi connectivity index (χ4v) is 2.70. The molecule has 4 rings (SSSR count). The maximum Gasteiger partial charge on any atom is 0.135 e. The fraction of sp³-hybridized carbons (Fsp3) is 0.188. The van der Waals surface area contributed by atoms with E-state index in [-0.39, 0.29) is 0 Å². The van der Waals surface area contributed by atoms with Crippen LogP contribution in [0.25, 0.3) is 33.1 Å². The molecule has 0 saturated carbocycles. The van der Waals surface area contributed by atoms with Gasteiger partial charge in [-0.1, -0.05) is 6.07 Å². The van der Waals surface area contributed by atoms with E-state index in [4.69, 9.17) is 10.5 Å². The zero-order valence-electron chi connectivity index (χ0n) is 12.7. The Bertz CT molecular complexity index is 973. The molecule has 0 aliphatic carbocycles. The summed E-state index contributed by atoms with van der Waals surface area (Å²) in [6.07, 6.45) is 3.71. The molecule has 7 heteroatoms. The van der Waals surface area contributed by atoms with Crippen LogP contribution in [-0.4, -0.2) is 38.7 Å². The molecule has 0 aliphatic rings. The fourth-order valence-electron chi connectivity index (χ4n) is 2.70. The number of pyridine rings is 1. The van der Waals surface area contributed by atoms with Crippen molar-refractivity contribution in [3.8, 4) is 11.3 Å². The number of aromatic amines is 1. The van der Waals surface area contributed by atoms with Crippen molar-refractivity contribution in [3.63, 3.8) is 0 Å². The summed E-state index contributed by atoms with van der Waals surface area (Å²) >= 11 is 0. The number of fused-ring (bicyclic) bond motifs is 3. The van der Waals surface area contributed by atoms with Crippen molar-refractivity contribution >= 4 is 27.6 Å². The minimum atomic E-state index is 0.482. The van der Waals surface area contributed by atoms with Gasteiger partial charge in [0, 0.05) is 30.5 Å². The van der Waals surface area contributed by atoms with Crippen LogP contribution in [0.5, 0.6) is 0 Å². The molecule has 0 saturated heterocycles. The summed E-state index contributed by atoms with van der Waals surface area (Å²) in [6, 6.07) is 7.93. The first-order valence-corrected chi connectivity index (χ1v) is 7.32. The third-order valence-corrected chi connectivity index (χ3v) is 3.85. The number of aromatic nitrogens is 5. The van der Waals surface area contributed by atoms with Crippen LogP contribution in [0.4, 0.5) is 5.82 Å². The number of hydrogen-bond acceptors (Lipinski definition) is 5. The Hall–Kier alpha value is -2.93. The number of anilines is 1. The van der Waals surface area contributed by atoms with Gasteiger partial charge < -0.3 is 10.5 Å². The Balaban J connectivity index is 1.89. The standard InChI is InChI=1S/C16H16N6O/c1-23-7-6-22-9-12-15(21-22)11-3-2-10(13-4-5-18-20-13)8-14(11)19-16(12)17/h2-5,8-9H,6-7H2,1H3,(H2,17,19)(H,18,20). The topological polar surface area (TPSA) is 94.6 Å². The second-order valence-corrected chi connectivity index (χ2v) is 5.34. The zero-order chi connectivity index (χ0) is 15.8. The molecule has 3 heterocycles. The maximum atomic E-state index is 6.12. The van der Waals surface area contributed by atoms with E-state index in [1.165, 1.54) is 0 Å². The van der Waals surface area contributed by atoms with Crippen LogP contribution in [0.2, 0.25) is 0 Å². The van der Waals surface area contributed by atoms with Crippen LogP contribution in [0.3, 0.4) is 0 Å². The van der Waals surface area contributed by atoms with Crippen molar-refractivity contribution in [1.82, 2.24) is 25.0 Å². The van der Waals surface area contributed by atoms with Crippen LogP contribution in [0, 0.1) is 0 Å². The molecule has 0 fully saturated rings. The van der Waals surface area contributed by atoms with Crippen molar-refractivity contribution in [1.29, 1.82) is 0 Å². The lowest BCUT2D eigenvalue weighted by Gasteiger charge is -2.03. The third-order valence-electron chi connectivity index (χ3n) is 3.85. The molecule has 7 nitrogen and oxygen atoms in total. The van der Waals surface area contributed by atoms with Gasteiger partial charge in [-0.2, -0.15) is 10.2 Å². The van der Waals surface area contributed by atoms with Gasteiger partial charge in [-0.15, -0.1) is 0 Å². The lowest BCUT2D eigenvalue weighted by Crippen LogP contribution is -2.03. The second kappa shape index (κ2) is 5.36. The molecule has 0 unspecified atom stereocenters. The molecule has 116 valence electrons. The largest absolute Gasteiger partial charge is 0.383 e. The second-order valence-electron chi connectivity index (χ2n) is 5.34. The lowest BCUT2D eigenvalue weighted by molar-refractivity contribution is 0.184. The summed E-state index contributed by atoms with van der Waals surface area (Å²) in [5, 5.41) is 13.5. The number of nitrogen functional groups attached to an aromatic ring is 1. The third kappa shape index (κ3) is 2.31. The first kappa shape index (κ1) is 13.7. The van der Waals surface area contributed by atoms with Gasteiger partial charge in [0.25, 0.3) is 0 Å². The monoisotopic (exact) mass is 308 g/mol. The zero-order valence-corrected chi connectivity index (χ0v) is 12.7. The van der Waals surface area contributed by atoms with Gasteiger partial charge in [0.15, 0.2) is 0 Å². The SMILES string of the molecule is COCCn1cc2c(N)nc3cc(-c4cc[nH]n4)ccc3c2n1. The van der Waals surface area contributed by atoms with Gasteiger partial charge in [0.05, 0.1) is 29.7 Å². The van der Waals surface area contributed by atoms with E-state index >= 15 is 0 Å². The maximum absolute atomic E-state index is 6.12. The first-order valence-electron chi connectivity index (χ1n) is 7.32. The van der Waals surface area contributed by atoms with E-state index in [1.54, 1.807) is 13.3 Å². The van der Waals surface area contributed by atoms with Crippen LogP contribution in [0.1, 0.15) is 0 Å². The number of nitrogens with one attached hydrogen (secondary N) is 1. The molecule has 3 N–H and O–H groups in total. The predicted octanol–water partition coefficient (Wildman–Crippen LogP) is 2.20. The van der Waals surface area contributed by atoms with Crippen LogP contribution >= 0.6 is 0 Å². The number of hydrogen-bond donors (Lipinski definition) is 2. The van der Waals surface area contributed by atoms with E-state index < -0.39 is 0 Å². The van der Waals surface area contributed by atoms with Crippen molar-refractivity contribution < 1.29 is 4.74 Å². The average Bonchev–Trinajstić information content (AvgIpc) is 3.22. The first-order chi connectivity index (χ1) is 11.3. The van der Waals surface area contributed by atoms with Crippen molar-refractivity contribution in [2.75, 3.05) is 19.5 Å². The molecule has 3 aromatic heterocycles. The Morgan fingerprint density at radius 3 is 2.96 bits per heavy atom. The highest BCUT2D eigenvalue weighted by Gasteiger charge is 2.12. The molecule has 0 spiro atoms. The van der Waals surface area contributed by atoms with Gasteiger partial charge >= 0.3 is 0 Å². The molecule has 4 aromatic rings. The quantitative estimate of drug-likeness (QED) is 0.602. The molecule has 1 aromatic carbocycles. The normalized spacial score (nSPS) is 11.5. The number of methoxy groups -OCH3 is 1. The number of ether oxygens (including phenoxy) is 1. The van der Waals surface area contributed by atoms with Gasteiger partial charge in [-0.3, -0.25) is 9.78 Å². The minimum absolute atomic E-state index is 0.482. The van der Waals surface area contributed by atoms with Crippen molar-refractivity contribution in [2.24, 2.45) is 0 Å². The summed E-state index contributed by atoms with van der Waals surface area (Å²) in [7, 11) is 1.67. The van der Waals surface area contributed by atoms with Gasteiger partial charge in [0.2, 0.25) is 0 Å². The lowest BCUT2D eigenvalue weighted by atomic mass is 10.1. The van der Waals surface area contributed by atoms with E-state index in [9.17, 15) is 0 Å². The van der Waals surface area contributed by atoms with E-state index in [0.717, 1.165) is 33.1 Å². The molecule has 0 bridgehead atoms. The Labute approximate surface area is 132 Å². The van der Waals surface area contributed by atoms with E-state index in [2.05, 4.69) is 20.3 Å². The number of rotatable bonds is 4. The number of nitrogens with two attached hydrogens (primary N) is 1. The molecule has 0 radical (unpaired) electrons. The van der Waals surface area contributed by atoms with Crippen molar-refractivity contribution in [2.45, 2.75) is 6.54 Å². The smallest absolute Gasteiger partial charge is 0.135 e. The van der Waals surface area contributed by atoms with Crippen molar-refractivity contribution in [3.05, 3.63) is 36.7 Å². The molecular weight excluding hydrogens is 292 g/mol. The molecule has 0 amide bonds. The van der Waals surface area contributed by atoms with Gasteiger partial charge in [-0.05, 0) is 18.2 Å². The summed E-state index contributed by atoms with van der Waals surface area (Å²) < 4.78 is 6.94. The number of nitrogens with zero attached hydrogens (tertiary/aromatic N) is 4. The van der Waals surface area contributed by atoms with Crippen LogP contribution in [0.15, 0.2) is 36.7 Å². The predicted molar refractivity (Wildman–Crippen MR) is 88.9 cm³/mol. The molecule has 0 aliphatic heterocycles. The molecular formula is C16H16N6O. The van der Waals surface area contributed by atoms with Gasteiger partial charge in [0.1, 0.15) is 11.3 Å².